The van der Waals surface area contributed by atoms with Crippen molar-refractivity contribution in [1.29, 1.82) is 0 Å². The van der Waals surface area contributed by atoms with Crippen LogP contribution in [0.1, 0.15) is 56.0 Å². The summed E-state index contributed by atoms with van der Waals surface area (Å²) in [6.45, 7) is 1.97. The molecule has 4 nitrogen and oxygen atoms in total. The molecule has 0 saturated carbocycles. The van der Waals surface area contributed by atoms with Gasteiger partial charge in [0.1, 0.15) is 5.00 Å². The average molecular weight is 405 g/mol. The molecule has 1 aliphatic rings. The third kappa shape index (κ3) is 4.25. The molecule has 4 rings (SSSR count). The Labute approximate surface area is 175 Å². The number of carbonyl (C=O) groups is 2. The van der Waals surface area contributed by atoms with E-state index in [1.54, 1.807) is 23.5 Å². The number of fused-ring (bicyclic) bond motifs is 1. The lowest BCUT2D eigenvalue weighted by Crippen LogP contribution is -2.18. The van der Waals surface area contributed by atoms with Gasteiger partial charge in [0.25, 0.3) is 11.8 Å². The van der Waals surface area contributed by atoms with E-state index in [-0.39, 0.29) is 11.8 Å². The van der Waals surface area contributed by atoms with Crippen molar-refractivity contribution in [1.82, 2.24) is 0 Å². The maximum absolute atomic E-state index is 13.3. The van der Waals surface area contributed by atoms with Crippen LogP contribution in [-0.2, 0) is 12.8 Å². The molecule has 1 aromatic heterocycles. The van der Waals surface area contributed by atoms with Gasteiger partial charge in [-0.1, -0.05) is 42.8 Å². The summed E-state index contributed by atoms with van der Waals surface area (Å²) in [4.78, 5) is 27.3. The molecule has 0 aliphatic heterocycles. The summed E-state index contributed by atoms with van der Waals surface area (Å²) in [5.41, 5.74) is 4.12. The predicted molar refractivity (Wildman–Crippen MR) is 119 cm³/mol. The predicted octanol–water partition coefficient (Wildman–Crippen LogP) is 5.83. The minimum absolute atomic E-state index is 0.151. The number of hydrogen-bond acceptors (Lipinski definition) is 3. The van der Waals surface area contributed by atoms with Crippen LogP contribution in [0.25, 0.3) is 0 Å². The number of thiophene rings is 1. The Morgan fingerprint density at radius 3 is 2.34 bits per heavy atom. The normalized spacial score (nSPS) is 13.3. The fourth-order valence-corrected chi connectivity index (χ4v) is 5.02. The van der Waals surface area contributed by atoms with E-state index < -0.39 is 0 Å². The lowest BCUT2D eigenvalue weighted by molar-refractivity contribution is 0.102. The van der Waals surface area contributed by atoms with Crippen molar-refractivity contribution >= 4 is 33.8 Å². The van der Waals surface area contributed by atoms with Crippen LogP contribution in [0.5, 0.6) is 0 Å². The van der Waals surface area contributed by atoms with Gasteiger partial charge in [0.15, 0.2) is 0 Å². The lowest BCUT2D eigenvalue weighted by atomic mass is 10.0. The zero-order valence-electron chi connectivity index (χ0n) is 16.5. The molecular formula is C24H24N2O2S. The Bertz CT molecular complexity index is 1040. The summed E-state index contributed by atoms with van der Waals surface area (Å²) in [7, 11) is 0. The molecule has 3 aromatic rings. The molecule has 0 spiro atoms. The van der Waals surface area contributed by atoms with Gasteiger partial charge in [0.05, 0.1) is 5.56 Å². The van der Waals surface area contributed by atoms with E-state index in [4.69, 9.17) is 0 Å². The quantitative estimate of drug-likeness (QED) is 0.538. The van der Waals surface area contributed by atoms with Crippen molar-refractivity contribution in [3.05, 3.63) is 81.7 Å². The summed E-state index contributed by atoms with van der Waals surface area (Å²) >= 11 is 1.55. The fourth-order valence-electron chi connectivity index (χ4n) is 3.73. The van der Waals surface area contributed by atoms with Crippen molar-refractivity contribution in [2.24, 2.45) is 0 Å². The number of nitrogens with one attached hydrogen (secondary N) is 2. The Morgan fingerprint density at radius 1 is 0.828 bits per heavy atom. The molecule has 0 unspecified atom stereocenters. The third-order valence-electron chi connectivity index (χ3n) is 5.30. The molecule has 0 radical (unpaired) electrons. The Hall–Kier alpha value is -2.92. The van der Waals surface area contributed by atoms with E-state index in [9.17, 15) is 9.59 Å². The Kier molecular flexibility index (Phi) is 5.76. The van der Waals surface area contributed by atoms with Crippen molar-refractivity contribution in [2.75, 3.05) is 10.6 Å². The lowest BCUT2D eigenvalue weighted by Gasteiger charge is -2.11. The smallest absolute Gasteiger partial charge is 0.258 e. The van der Waals surface area contributed by atoms with Gasteiger partial charge < -0.3 is 10.6 Å². The van der Waals surface area contributed by atoms with Crippen LogP contribution in [0.2, 0.25) is 0 Å². The van der Waals surface area contributed by atoms with Crippen LogP contribution in [0.15, 0.2) is 54.6 Å². The minimum atomic E-state index is -0.188. The molecule has 0 atom stereocenters. The van der Waals surface area contributed by atoms with Crippen LogP contribution in [0, 0.1) is 6.92 Å². The minimum Gasteiger partial charge on any atom is -0.322 e. The van der Waals surface area contributed by atoms with E-state index in [1.165, 1.54) is 11.3 Å². The largest absolute Gasteiger partial charge is 0.322 e. The number of benzene rings is 2. The maximum Gasteiger partial charge on any atom is 0.258 e. The van der Waals surface area contributed by atoms with Crippen LogP contribution < -0.4 is 10.6 Å². The van der Waals surface area contributed by atoms with Gasteiger partial charge in [-0.05, 0) is 61.9 Å². The second kappa shape index (κ2) is 8.62. The number of rotatable bonds is 4. The summed E-state index contributed by atoms with van der Waals surface area (Å²) in [6.07, 6.45) is 5.21. The van der Waals surface area contributed by atoms with E-state index in [2.05, 4.69) is 10.6 Å². The van der Waals surface area contributed by atoms with Gasteiger partial charge in [-0.25, -0.2) is 0 Å². The van der Waals surface area contributed by atoms with Gasteiger partial charge in [-0.15, -0.1) is 11.3 Å². The topological polar surface area (TPSA) is 58.2 Å². The zero-order chi connectivity index (χ0) is 20.2. The third-order valence-corrected chi connectivity index (χ3v) is 6.51. The monoisotopic (exact) mass is 404 g/mol. The van der Waals surface area contributed by atoms with E-state index >= 15 is 0 Å². The van der Waals surface area contributed by atoms with Crippen LogP contribution in [0.3, 0.4) is 0 Å². The molecule has 2 amide bonds. The summed E-state index contributed by atoms with van der Waals surface area (Å²) in [5.74, 6) is -0.339. The molecule has 29 heavy (non-hydrogen) atoms. The number of para-hydroxylation sites is 1. The van der Waals surface area contributed by atoms with Gasteiger partial charge >= 0.3 is 0 Å². The first-order valence-corrected chi connectivity index (χ1v) is 10.8. The average Bonchev–Trinajstić information content (AvgIpc) is 2.90. The van der Waals surface area contributed by atoms with Gasteiger partial charge in [-0.2, -0.15) is 0 Å². The molecule has 5 heteroatoms. The van der Waals surface area contributed by atoms with Gasteiger partial charge in [0, 0.05) is 16.1 Å². The molecule has 1 heterocycles. The molecule has 1 aliphatic carbocycles. The van der Waals surface area contributed by atoms with Gasteiger partial charge in [-0.3, -0.25) is 9.59 Å². The van der Waals surface area contributed by atoms with E-state index in [1.807, 2.05) is 49.4 Å². The number of hydrogen-bond donors (Lipinski definition) is 2. The molecule has 0 fully saturated rings. The van der Waals surface area contributed by atoms with Crippen molar-refractivity contribution in [3.8, 4) is 0 Å². The molecule has 2 N–H and O–H groups in total. The van der Waals surface area contributed by atoms with Gasteiger partial charge in [0.2, 0.25) is 0 Å². The molecular weight excluding hydrogens is 380 g/mol. The SMILES string of the molecule is Cc1ccccc1NC(=O)c1c(NC(=O)c2ccccc2)sc2c1CCCCC2. The number of carbonyl (C=O) groups excluding carboxylic acids is 2. The van der Waals surface area contributed by atoms with Crippen LogP contribution in [-0.4, -0.2) is 11.8 Å². The fraction of sp³-hybridized carbons (Fsp3) is 0.250. The summed E-state index contributed by atoms with van der Waals surface area (Å²) in [5, 5.41) is 6.71. The molecule has 2 aromatic carbocycles. The zero-order valence-corrected chi connectivity index (χ0v) is 17.3. The van der Waals surface area contributed by atoms with Crippen LogP contribution >= 0.6 is 11.3 Å². The van der Waals surface area contributed by atoms with Crippen LogP contribution in [0.4, 0.5) is 10.7 Å². The van der Waals surface area contributed by atoms with Crippen molar-refractivity contribution in [3.63, 3.8) is 0 Å². The van der Waals surface area contributed by atoms with Crippen molar-refractivity contribution < 1.29 is 9.59 Å². The Balaban J connectivity index is 1.68. The molecule has 148 valence electrons. The number of amides is 2. The standard InChI is InChI=1S/C24H24N2O2S/c1-16-10-8-9-14-19(16)25-23(28)21-18-13-6-3-7-15-20(18)29-24(21)26-22(27)17-11-4-2-5-12-17/h2,4-5,8-12,14H,3,6-7,13,15H2,1H3,(H,25,28)(H,26,27). The highest BCUT2D eigenvalue weighted by molar-refractivity contribution is 7.17. The Morgan fingerprint density at radius 2 is 1.55 bits per heavy atom. The highest BCUT2D eigenvalue weighted by atomic mass is 32.1. The first kappa shape index (κ1) is 19.4. The number of anilines is 2. The molecule has 0 bridgehead atoms. The van der Waals surface area contributed by atoms with E-state index in [0.717, 1.165) is 42.5 Å². The molecule has 0 saturated heterocycles. The first-order chi connectivity index (χ1) is 14.1. The maximum atomic E-state index is 13.3. The second-order valence-corrected chi connectivity index (χ2v) is 8.46. The summed E-state index contributed by atoms with van der Waals surface area (Å²) < 4.78 is 0. The highest BCUT2D eigenvalue weighted by Crippen LogP contribution is 2.38. The summed E-state index contributed by atoms with van der Waals surface area (Å²) in [6, 6.07) is 16.9. The highest BCUT2D eigenvalue weighted by Gasteiger charge is 2.26. The van der Waals surface area contributed by atoms with E-state index in [0.29, 0.717) is 16.1 Å². The first-order valence-electron chi connectivity index (χ1n) is 10.0. The second-order valence-electron chi connectivity index (χ2n) is 7.36. The number of aryl methyl sites for hydroxylation is 2. The van der Waals surface area contributed by atoms with Crippen molar-refractivity contribution in [2.45, 2.75) is 39.0 Å².